The van der Waals surface area contributed by atoms with E-state index in [1.54, 1.807) is 6.20 Å². The molecule has 0 saturated heterocycles. The van der Waals surface area contributed by atoms with E-state index in [9.17, 15) is 8.78 Å². The highest BCUT2D eigenvalue weighted by Gasteiger charge is 2.08. The molecule has 3 nitrogen and oxygen atoms in total. The lowest BCUT2D eigenvalue weighted by Gasteiger charge is -2.09. The Morgan fingerprint density at radius 3 is 2.57 bits per heavy atom. The lowest BCUT2D eigenvalue weighted by Crippen LogP contribution is -2.09. The minimum Gasteiger partial charge on any atom is -0.380 e. The standard InChI is InChI=1S/C16H13F2N3/c17-13-9-19-10-14(18)16(13)21-8-6-12-4-1-3-11-5-2-7-20-15(11)12/h1-5,7,9-10H,6,8H2,(H,19,21). The lowest BCUT2D eigenvalue weighted by molar-refractivity contribution is 0.578. The van der Waals surface area contributed by atoms with Gasteiger partial charge in [0.15, 0.2) is 11.6 Å². The van der Waals surface area contributed by atoms with Gasteiger partial charge in [0.1, 0.15) is 5.69 Å². The number of fused-ring (bicyclic) bond motifs is 1. The van der Waals surface area contributed by atoms with Crippen molar-refractivity contribution in [3.05, 3.63) is 66.1 Å². The number of benzene rings is 1. The SMILES string of the molecule is Fc1cncc(F)c1NCCc1cccc2cccnc12. The fourth-order valence-electron chi connectivity index (χ4n) is 2.27. The molecule has 0 fully saturated rings. The van der Waals surface area contributed by atoms with Crippen LogP contribution in [0.1, 0.15) is 5.56 Å². The first kappa shape index (κ1) is 13.4. The van der Waals surface area contributed by atoms with E-state index >= 15 is 0 Å². The molecule has 1 aromatic carbocycles. The van der Waals surface area contributed by atoms with Gasteiger partial charge in [0.2, 0.25) is 0 Å². The number of aromatic nitrogens is 2. The summed E-state index contributed by atoms with van der Waals surface area (Å²) in [6.45, 7) is 0.410. The smallest absolute Gasteiger partial charge is 0.167 e. The fourth-order valence-corrected chi connectivity index (χ4v) is 2.27. The minimum absolute atomic E-state index is 0.141. The Bertz CT molecular complexity index is 749. The van der Waals surface area contributed by atoms with Crippen molar-refractivity contribution >= 4 is 16.6 Å². The third-order valence-corrected chi connectivity index (χ3v) is 3.27. The van der Waals surface area contributed by atoms with Gasteiger partial charge in [-0.2, -0.15) is 0 Å². The lowest BCUT2D eigenvalue weighted by atomic mass is 10.1. The summed E-state index contributed by atoms with van der Waals surface area (Å²) in [4.78, 5) is 7.81. The second-order valence-electron chi connectivity index (χ2n) is 4.65. The molecule has 0 aliphatic heterocycles. The Morgan fingerprint density at radius 2 is 1.76 bits per heavy atom. The van der Waals surface area contributed by atoms with Crippen LogP contribution in [-0.4, -0.2) is 16.5 Å². The number of para-hydroxylation sites is 1. The van der Waals surface area contributed by atoms with Gasteiger partial charge in [0.05, 0.1) is 17.9 Å². The molecule has 0 radical (unpaired) electrons. The number of hydrogen-bond acceptors (Lipinski definition) is 3. The molecule has 3 rings (SSSR count). The minimum atomic E-state index is -0.689. The molecular weight excluding hydrogens is 272 g/mol. The summed E-state index contributed by atoms with van der Waals surface area (Å²) in [5, 5.41) is 3.83. The van der Waals surface area contributed by atoms with E-state index < -0.39 is 11.6 Å². The maximum Gasteiger partial charge on any atom is 0.167 e. The van der Waals surface area contributed by atoms with Crippen molar-refractivity contribution in [2.45, 2.75) is 6.42 Å². The first-order chi connectivity index (χ1) is 10.3. The second kappa shape index (κ2) is 5.83. The number of rotatable bonds is 4. The first-order valence-electron chi connectivity index (χ1n) is 6.61. The molecule has 0 bridgehead atoms. The molecule has 0 unspecified atom stereocenters. The van der Waals surface area contributed by atoms with Gasteiger partial charge >= 0.3 is 0 Å². The predicted molar refractivity (Wildman–Crippen MR) is 78.1 cm³/mol. The van der Waals surface area contributed by atoms with Crippen LogP contribution in [0.3, 0.4) is 0 Å². The molecule has 2 aromatic heterocycles. The fraction of sp³-hybridized carbons (Fsp3) is 0.125. The third kappa shape index (κ3) is 2.81. The molecule has 0 amide bonds. The van der Waals surface area contributed by atoms with Crippen LogP contribution in [0.5, 0.6) is 0 Å². The van der Waals surface area contributed by atoms with E-state index in [0.29, 0.717) is 13.0 Å². The van der Waals surface area contributed by atoms with Crippen molar-refractivity contribution in [2.75, 3.05) is 11.9 Å². The maximum atomic E-state index is 13.5. The molecule has 3 aromatic rings. The molecular formula is C16H13F2N3. The van der Waals surface area contributed by atoms with Gasteiger partial charge in [-0.05, 0) is 18.1 Å². The van der Waals surface area contributed by atoms with Gasteiger partial charge in [-0.3, -0.25) is 9.97 Å². The summed E-state index contributed by atoms with van der Waals surface area (Å²) >= 11 is 0. The molecule has 0 aliphatic rings. The normalized spacial score (nSPS) is 10.8. The largest absolute Gasteiger partial charge is 0.380 e. The van der Waals surface area contributed by atoms with Crippen molar-refractivity contribution in [3.8, 4) is 0 Å². The molecule has 21 heavy (non-hydrogen) atoms. The van der Waals surface area contributed by atoms with Crippen LogP contribution in [0, 0.1) is 11.6 Å². The Hall–Kier alpha value is -2.56. The summed E-state index contributed by atoms with van der Waals surface area (Å²) in [5.41, 5.74) is 1.81. The number of hydrogen-bond donors (Lipinski definition) is 1. The Balaban J connectivity index is 1.76. The van der Waals surface area contributed by atoms with E-state index in [2.05, 4.69) is 15.3 Å². The number of nitrogens with zero attached hydrogens (tertiary/aromatic N) is 2. The third-order valence-electron chi connectivity index (χ3n) is 3.27. The van der Waals surface area contributed by atoms with E-state index in [1.807, 2.05) is 30.3 Å². The number of anilines is 1. The molecule has 1 N–H and O–H groups in total. The van der Waals surface area contributed by atoms with Crippen molar-refractivity contribution < 1.29 is 8.78 Å². The topological polar surface area (TPSA) is 37.8 Å². The first-order valence-corrected chi connectivity index (χ1v) is 6.61. The molecule has 0 aliphatic carbocycles. The summed E-state index contributed by atoms with van der Waals surface area (Å²) in [6.07, 6.45) is 4.34. The maximum absolute atomic E-state index is 13.5. The summed E-state index contributed by atoms with van der Waals surface area (Å²) < 4.78 is 26.9. The molecule has 0 saturated carbocycles. The number of halogens is 2. The zero-order valence-electron chi connectivity index (χ0n) is 11.2. The average Bonchev–Trinajstić information content (AvgIpc) is 2.50. The Morgan fingerprint density at radius 1 is 1.00 bits per heavy atom. The van der Waals surface area contributed by atoms with Crippen LogP contribution in [0.15, 0.2) is 48.9 Å². The van der Waals surface area contributed by atoms with Crippen LogP contribution in [0.4, 0.5) is 14.5 Å². The highest BCUT2D eigenvalue weighted by molar-refractivity contribution is 5.81. The van der Waals surface area contributed by atoms with E-state index in [1.165, 1.54) is 0 Å². The molecule has 106 valence electrons. The quantitative estimate of drug-likeness (QED) is 0.796. The van der Waals surface area contributed by atoms with Gasteiger partial charge in [-0.15, -0.1) is 0 Å². The molecule has 0 atom stereocenters. The average molecular weight is 285 g/mol. The van der Waals surface area contributed by atoms with Crippen molar-refractivity contribution in [1.29, 1.82) is 0 Å². The number of nitrogens with one attached hydrogen (secondary N) is 1. The van der Waals surface area contributed by atoms with Gasteiger partial charge in [0.25, 0.3) is 0 Å². The predicted octanol–water partition coefficient (Wildman–Crippen LogP) is 3.56. The number of pyridine rings is 2. The monoisotopic (exact) mass is 285 g/mol. The van der Waals surface area contributed by atoms with Gasteiger partial charge < -0.3 is 5.32 Å². The Kier molecular flexibility index (Phi) is 3.73. The van der Waals surface area contributed by atoms with Crippen LogP contribution < -0.4 is 5.32 Å². The zero-order chi connectivity index (χ0) is 14.7. The van der Waals surface area contributed by atoms with Crippen LogP contribution >= 0.6 is 0 Å². The summed E-state index contributed by atoms with van der Waals surface area (Å²) in [6, 6.07) is 9.78. The zero-order valence-corrected chi connectivity index (χ0v) is 11.2. The van der Waals surface area contributed by atoms with Gasteiger partial charge in [-0.1, -0.05) is 24.3 Å². The molecule has 5 heteroatoms. The van der Waals surface area contributed by atoms with Crippen molar-refractivity contribution in [2.24, 2.45) is 0 Å². The molecule has 0 spiro atoms. The summed E-state index contributed by atoms with van der Waals surface area (Å²) in [5.74, 6) is -1.38. The van der Waals surface area contributed by atoms with Crippen molar-refractivity contribution in [1.82, 2.24) is 9.97 Å². The molecule has 2 heterocycles. The highest BCUT2D eigenvalue weighted by Crippen LogP contribution is 2.19. The van der Waals surface area contributed by atoms with Gasteiger partial charge in [0, 0.05) is 18.1 Å². The van der Waals surface area contributed by atoms with Crippen LogP contribution in [0.25, 0.3) is 10.9 Å². The van der Waals surface area contributed by atoms with E-state index in [0.717, 1.165) is 28.9 Å². The second-order valence-corrected chi connectivity index (χ2v) is 4.65. The van der Waals surface area contributed by atoms with E-state index in [-0.39, 0.29) is 5.69 Å². The van der Waals surface area contributed by atoms with Crippen LogP contribution in [-0.2, 0) is 6.42 Å². The Labute approximate surface area is 120 Å². The summed E-state index contributed by atoms with van der Waals surface area (Å²) in [7, 11) is 0. The van der Waals surface area contributed by atoms with Crippen molar-refractivity contribution in [3.63, 3.8) is 0 Å². The van der Waals surface area contributed by atoms with Crippen LogP contribution in [0.2, 0.25) is 0 Å². The van der Waals surface area contributed by atoms with E-state index in [4.69, 9.17) is 0 Å². The highest BCUT2D eigenvalue weighted by atomic mass is 19.1. The van der Waals surface area contributed by atoms with Gasteiger partial charge in [-0.25, -0.2) is 8.78 Å².